The van der Waals surface area contributed by atoms with Crippen molar-refractivity contribution in [3.05, 3.63) is 29.8 Å². The van der Waals surface area contributed by atoms with Crippen LogP contribution in [0.15, 0.2) is 29.2 Å². The van der Waals surface area contributed by atoms with Gasteiger partial charge in [-0.15, -0.1) is 0 Å². The molecule has 2 saturated heterocycles. The van der Waals surface area contributed by atoms with Gasteiger partial charge < -0.3 is 4.74 Å². The van der Waals surface area contributed by atoms with Gasteiger partial charge in [0.2, 0.25) is 0 Å². The van der Waals surface area contributed by atoms with Crippen LogP contribution in [0.3, 0.4) is 0 Å². The molecule has 1 unspecified atom stereocenters. The van der Waals surface area contributed by atoms with Crippen molar-refractivity contribution >= 4 is 19.7 Å². The number of likely N-dealkylation sites (tertiary alicyclic amines) is 1. The summed E-state index contributed by atoms with van der Waals surface area (Å²) in [5, 5.41) is 0. The van der Waals surface area contributed by atoms with Crippen LogP contribution in [0.1, 0.15) is 12.0 Å². The second-order valence-electron chi connectivity index (χ2n) is 6.89. The summed E-state index contributed by atoms with van der Waals surface area (Å²) in [7, 11) is -4.66. The highest BCUT2D eigenvalue weighted by atomic mass is 32.2. The van der Waals surface area contributed by atoms with Crippen molar-refractivity contribution in [2.75, 3.05) is 38.8 Å². The number of hydrogen-bond donors (Lipinski definition) is 0. The second kappa shape index (κ2) is 6.09. The standard InChI is InChI=1S/C16H23NO5S2/c1-22-10-14-7-8-24(20,21)16(14)11-17(12-16)9-13-3-5-15(6-4-13)23(2,18)19/h3-6,14H,7-12H2,1-2H3. The van der Waals surface area contributed by atoms with Gasteiger partial charge in [0.05, 0.1) is 17.3 Å². The van der Waals surface area contributed by atoms with E-state index < -0.39 is 24.4 Å². The molecule has 1 atom stereocenters. The normalized spacial score (nSPS) is 25.7. The monoisotopic (exact) mass is 373 g/mol. The zero-order valence-electron chi connectivity index (χ0n) is 13.9. The molecule has 0 aromatic heterocycles. The highest BCUT2D eigenvalue weighted by Crippen LogP contribution is 2.45. The summed E-state index contributed by atoms with van der Waals surface area (Å²) in [5.41, 5.74) is 0.982. The number of rotatable bonds is 5. The van der Waals surface area contributed by atoms with Crippen molar-refractivity contribution in [2.24, 2.45) is 5.92 Å². The molecule has 0 aliphatic carbocycles. The summed E-state index contributed by atoms with van der Waals surface area (Å²) in [6.07, 6.45) is 1.86. The lowest BCUT2D eigenvalue weighted by Gasteiger charge is -2.50. The van der Waals surface area contributed by atoms with E-state index in [0.717, 1.165) is 5.56 Å². The maximum Gasteiger partial charge on any atom is 0.175 e. The van der Waals surface area contributed by atoms with E-state index in [0.29, 0.717) is 37.6 Å². The average Bonchev–Trinajstić information content (AvgIpc) is 2.71. The molecule has 1 aromatic carbocycles. The van der Waals surface area contributed by atoms with Crippen LogP contribution in [0.25, 0.3) is 0 Å². The highest BCUT2D eigenvalue weighted by molar-refractivity contribution is 7.93. The number of methoxy groups -OCH3 is 1. The third-order valence-corrected chi connectivity index (χ3v) is 8.94. The van der Waals surface area contributed by atoms with E-state index in [1.807, 2.05) is 0 Å². The molecular formula is C16H23NO5S2. The summed E-state index contributed by atoms with van der Waals surface area (Å²) in [6, 6.07) is 6.77. The fraction of sp³-hybridized carbons (Fsp3) is 0.625. The molecule has 0 bridgehead atoms. The molecule has 3 rings (SSSR count). The van der Waals surface area contributed by atoms with Gasteiger partial charge in [-0.05, 0) is 24.1 Å². The molecule has 2 heterocycles. The van der Waals surface area contributed by atoms with Crippen LogP contribution in [0.5, 0.6) is 0 Å². The predicted octanol–water partition coefficient (Wildman–Crippen LogP) is 0.726. The molecule has 1 aromatic rings. The minimum absolute atomic E-state index is 0.0661. The molecule has 2 aliphatic heterocycles. The van der Waals surface area contributed by atoms with E-state index in [4.69, 9.17) is 4.74 Å². The number of ether oxygens (including phenoxy) is 1. The van der Waals surface area contributed by atoms with E-state index >= 15 is 0 Å². The van der Waals surface area contributed by atoms with Crippen LogP contribution in [0.4, 0.5) is 0 Å². The Morgan fingerprint density at radius 2 is 1.88 bits per heavy atom. The van der Waals surface area contributed by atoms with Gasteiger partial charge in [-0.1, -0.05) is 12.1 Å². The number of hydrogen-bond acceptors (Lipinski definition) is 6. The van der Waals surface area contributed by atoms with E-state index in [1.165, 1.54) is 6.26 Å². The van der Waals surface area contributed by atoms with E-state index in [2.05, 4.69) is 4.90 Å². The van der Waals surface area contributed by atoms with Crippen LogP contribution in [0, 0.1) is 5.92 Å². The van der Waals surface area contributed by atoms with E-state index in [9.17, 15) is 16.8 Å². The van der Waals surface area contributed by atoms with Crippen molar-refractivity contribution in [3.63, 3.8) is 0 Å². The summed E-state index contributed by atoms with van der Waals surface area (Å²) >= 11 is 0. The summed E-state index contributed by atoms with van der Waals surface area (Å²) in [5.74, 6) is 0.314. The maximum absolute atomic E-state index is 12.5. The predicted molar refractivity (Wildman–Crippen MR) is 91.3 cm³/mol. The lowest BCUT2D eigenvalue weighted by atomic mass is 9.83. The summed E-state index contributed by atoms with van der Waals surface area (Å²) in [6.45, 7) is 2.16. The van der Waals surface area contributed by atoms with Crippen LogP contribution in [-0.2, 0) is 31.0 Å². The molecular weight excluding hydrogens is 350 g/mol. The fourth-order valence-electron chi connectivity index (χ4n) is 3.83. The Morgan fingerprint density at radius 3 is 2.42 bits per heavy atom. The van der Waals surface area contributed by atoms with Crippen molar-refractivity contribution < 1.29 is 21.6 Å². The first-order valence-electron chi connectivity index (χ1n) is 7.90. The second-order valence-corrected chi connectivity index (χ2v) is 11.4. The van der Waals surface area contributed by atoms with Gasteiger partial charge in [0.15, 0.2) is 19.7 Å². The Bertz CT molecular complexity index is 809. The van der Waals surface area contributed by atoms with E-state index in [-0.39, 0.29) is 11.7 Å². The van der Waals surface area contributed by atoms with E-state index in [1.54, 1.807) is 31.4 Å². The zero-order valence-corrected chi connectivity index (χ0v) is 15.6. The van der Waals surface area contributed by atoms with Gasteiger partial charge in [0.1, 0.15) is 4.75 Å². The minimum atomic E-state index is -3.19. The Hall–Kier alpha value is -0.960. The first-order chi connectivity index (χ1) is 11.2. The molecule has 6 nitrogen and oxygen atoms in total. The third kappa shape index (κ3) is 3.00. The van der Waals surface area contributed by atoms with Crippen LogP contribution in [-0.4, -0.2) is 65.3 Å². The minimum Gasteiger partial charge on any atom is -0.384 e. The average molecular weight is 373 g/mol. The SMILES string of the molecule is COCC1CCS(=O)(=O)C12CN(Cc1ccc(S(C)(=O)=O)cc1)C2. The summed E-state index contributed by atoms with van der Waals surface area (Å²) < 4.78 is 52.4. The largest absolute Gasteiger partial charge is 0.384 e. The Kier molecular flexibility index (Phi) is 4.53. The van der Waals surface area contributed by atoms with Crippen molar-refractivity contribution in [3.8, 4) is 0 Å². The smallest absolute Gasteiger partial charge is 0.175 e. The van der Waals surface area contributed by atoms with Gasteiger partial charge in [0, 0.05) is 38.9 Å². The first-order valence-corrected chi connectivity index (χ1v) is 11.4. The lowest BCUT2D eigenvalue weighted by Crippen LogP contribution is -2.67. The number of sulfone groups is 2. The molecule has 8 heteroatoms. The molecule has 1 spiro atoms. The lowest BCUT2D eigenvalue weighted by molar-refractivity contribution is 0.0411. The molecule has 2 fully saturated rings. The molecule has 0 radical (unpaired) electrons. The zero-order chi connectivity index (χ0) is 17.6. The van der Waals surface area contributed by atoms with Gasteiger partial charge in [-0.2, -0.15) is 0 Å². The maximum atomic E-state index is 12.5. The van der Waals surface area contributed by atoms with Crippen molar-refractivity contribution in [1.29, 1.82) is 0 Å². The molecule has 0 amide bonds. The van der Waals surface area contributed by atoms with Crippen LogP contribution < -0.4 is 0 Å². The Balaban J connectivity index is 1.68. The molecule has 0 saturated carbocycles. The van der Waals surface area contributed by atoms with Crippen LogP contribution in [0.2, 0.25) is 0 Å². The van der Waals surface area contributed by atoms with Crippen molar-refractivity contribution in [1.82, 2.24) is 4.90 Å². The fourth-order valence-corrected chi connectivity index (χ4v) is 6.92. The van der Waals surface area contributed by atoms with Gasteiger partial charge in [-0.25, -0.2) is 16.8 Å². The molecule has 2 aliphatic rings. The Labute approximate surface area is 143 Å². The topological polar surface area (TPSA) is 80.8 Å². The van der Waals surface area contributed by atoms with Gasteiger partial charge in [-0.3, -0.25) is 4.90 Å². The molecule has 24 heavy (non-hydrogen) atoms. The number of benzene rings is 1. The third-order valence-electron chi connectivity index (χ3n) is 5.21. The molecule has 0 N–H and O–H groups in total. The number of nitrogens with zero attached hydrogens (tertiary/aromatic N) is 1. The first kappa shape index (κ1) is 17.8. The Morgan fingerprint density at radius 1 is 1.25 bits per heavy atom. The molecule has 134 valence electrons. The highest BCUT2D eigenvalue weighted by Gasteiger charge is 2.61. The van der Waals surface area contributed by atoms with Crippen molar-refractivity contribution in [2.45, 2.75) is 22.6 Å². The van der Waals surface area contributed by atoms with Gasteiger partial charge in [0.25, 0.3) is 0 Å². The quantitative estimate of drug-likeness (QED) is 0.757. The van der Waals surface area contributed by atoms with Crippen LogP contribution >= 0.6 is 0 Å². The summed E-state index contributed by atoms with van der Waals surface area (Å²) in [4.78, 5) is 2.39. The van der Waals surface area contributed by atoms with Gasteiger partial charge >= 0.3 is 0 Å².